The molecule has 0 amide bonds. The summed E-state index contributed by atoms with van der Waals surface area (Å²) < 4.78 is 27.0. The van der Waals surface area contributed by atoms with E-state index in [-0.39, 0.29) is 5.75 Å². The Morgan fingerprint density at radius 2 is 2.10 bits per heavy atom. The molecule has 0 radical (unpaired) electrons. The third-order valence-electron chi connectivity index (χ3n) is 2.93. The number of sulfonamides is 1. The lowest BCUT2D eigenvalue weighted by atomic mass is 10.1. The molecule has 0 aliphatic rings. The van der Waals surface area contributed by atoms with Gasteiger partial charge < -0.3 is 5.32 Å². The van der Waals surface area contributed by atoms with Crippen molar-refractivity contribution < 1.29 is 8.42 Å². The van der Waals surface area contributed by atoms with Crippen LogP contribution in [0.5, 0.6) is 0 Å². The maximum absolute atomic E-state index is 12.2. The molecule has 2 rings (SSSR count). The molecule has 0 aliphatic heterocycles. The molecule has 114 valence electrons. The van der Waals surface area contributed by atoms with E-state index in [2.05, 4.69) is 25.2 Å². The number of aromatic nitrogens is 3. The number of rotatable bonds is 7. The minimum Gasteiger partial charge on any atom is -0.316 e. The van der Waals surface area contributed by atoms with Gasteiger partial charge in [-0.15, -0.1) is 0 Å². The predicted molar refractivity (Wildman–Crippen MR) is 79.8 cm³/mol. The molecule has 0 saturated heterocycles. The van der Waals surface area contributed by atoms with E-state index in [1.54, 1.807) is 13.0 Å². The normalized spacial score (nSPS) is 13.2. The van der Waals surface area contributed by atoms with Gasteiger partial charge in [0.25, 0.3) is 0 Å². The number of aromatic amines is 1. The Bertz CT molecular complexity index is 670. The minimum atomic E-state index is -3.45. The van der Waals surface area contributed by atoms with Crippen LogP contribution in [0.4, 0.5) is 0 Å². The van der Waals surface area contributed by atoms with Gasteiger partial charge in [0.2, 0.25) is 10.0 Å². The molecule has 0 spiro atoms. The first-order valence-electron chi connectivity index (χ1n) is 6.58. The Morgan fingerprint density at radius 1 is 1.33 bits per heavy atom. The fraction of sp³-hybridized carbons (Fsp3) is 0.385. The van der Waals surface area contributed by atoms with Crippen molar-refractivity contribution in [3.05, 3.63) is 47.5 Å². The van der Waals surface area contributed by atoms with Crippen LogP contribution in [-0.4, -0.2) is 30.6 Å². The quantitative estimate of drug-likeness (QED) is 0.699. The topological polar surface area (TPSA) is 99.8 Å². The molecule has 1 aromatic carbocycles. The molecule has 3 N–H and O–H groups in total. The lowest BCUT2D eigenvalue weighted by Crippen LogP contribution is -2.28. The molecule has 0 saturated carbocycles. The molecule has 21 heavy (non-hydrogen) atoms. The number of benzene rings is 1. The van der Waals surface area contributed by atoms with Gasteiger partial charge >= 0.3 is 0 Å². The Hall–Kier alpha value is -1.77. The van der Waals surface area contributed by atoms with Crippen LogP contribution in [0.3, 0.4) is 0 Å². The molecular formula is C13H19N5O2S. The molecule has 2 aromatic rings. The lowest BCUT2D eigenvalue weighted by molar-refractivity contribution is 0.559. The molecule has 0 aliphatic carbocycles. The van der Waals surface area contributed by atoms with E-state index in [9.17, 15) is 8.42 Å². The van der Waals surface area contributed by atoms with Crippen LogP contribution >= 0.6 is 0 Å². The summed E-state index contributed by atoms with van der Waals surface area (Å²) in [4.78, 5) is 3.94. The van der Waals surface area contributed by atoms with Gasteiger partial charge in [0, 0.05) is 6.54 Å². The Labute approximate surface area is 124 Å². The van der Waals surface area contributed by atoms with E-state index < -0.39 is 16.1 Å². The van der Waals surface area contributed by atoms with Crippen LogP contribution in [-0.2, 0) is 22.3 Å². The minimum absolute atomic E-state index is 0.0664. The van der Waals surface area contributed by atoms with Gasteiger partial charge in [-0.3, -0.25) is 5.10 Å². The van der Waals surface area contributed by atoms with Crippen LogP contribution in [0, 0.1) is 0 Å². The van der Waals surface area contributed by atoms with Crippen molar-refractivity contribution in [2.45, 2.75) is 25.3 Å². The summed E-state index contributed by atoms with van der Waals surface area (Å²) in [6, 6.07) is 7.05. The fourth-order valence-electron chi connectivity index (χ4n) is 2.04. The highest BCUT2D eigenvalue weighted by Gasteiger charge is 2.18. The maximum atomic E-state index is 12.2. The van der Waals surface area contributed by atoms with E-state index in [1.807, 2.05) is 25.2 Å². The molecule has 1 heterocycles. The summed E-state index contributed by atoms with van der Waals surface area (Å²) in [5, 5.41) is 9.40. The summed E-state index contributed by atoms with van der Waals surface area (Å²) >= 11 is 0. The van der Waals surface area contributed by atoms with Crippen LogP contribution in [0.25, 0.3) is 0 Å². The highest BCUT2D eigenvalue weighted by molar-refractivity contribution is 7.88. The van der Waals surface area contributed by atoms with Crippen molar-refractivity contribution in [1.82, 2.24) is 25.2 Å². The van der Waals surface area contributed by atoms with Crippen molar-refractivity contribution in [2.75, 3.05) is 7.05 Å². The standard InChI is InChI=1S/C13H19N5O2S/c1-10(13-15-9-16-17-13)18-21(19,20)8-12-5-3-4-11(6-12)7-14-2/h3-6,9-10,14,18H,7-8H2,1-2H3,(H,15,16,17). The lowest BCUT2D eigenvalue weighted by Gasteiger charge is -2.12. The predicted octanol–water partition coefficient (Wildman–Crippen LogP) is 0.705. The second-order valence-electron chi connectivity index (χ2n) is 4.82. The average Bonchev–Trinajstić information content (AvgIpc) is 2.92. The summed E-state index contributed by atoms with van der Waals surface area (Å²) in [7, 11) is -1.60. The highest BCUT2D eigenvalue weighted by Crippen LogP contribution is 2.12. The zero-order valence-electron chi connectivity index (χ0n) is 12.0. The van der Waals surface area contributed by atoms with E-state index in [4.69, 9.17) is 0 Å². The first kappa shape index (κ1) is 15.6. The second kappa shape index (κ2) is 6.79. The van der Waals surface area contributed by atoms with Gasteiger partial charge in [0.05, 0.1) is 11.8 Å². The van der Waals surface area contributed by atoms with Crippen LogP contribution in [0.2, 0.25) is 0 Å². The van der Waals surface area contributed by atoms with Crippen molar-refractivity contribution in [2.24, 2.45) is 0 Å². The van der Waals surface area contributed by atoms with E-state index >= 15 is 0 Å². The highest BCUT2D eigenvalue weighted by atomic mass is 32.2. The third kappa shape index (κ3) is 4.62. The Morgan fingerprint density at radius 3 is 2.76 bits per heavy atom. The van der Waals surface area contributed by atoms with Gasteiger partial charge in [-0.25, -0.2) is 18.1 Å². The maximum Gasteiger partial charge on any atom is 0.216 e. The Kier molecular flexibility index (Phi) is 5.05. The van der Waals surface area contributed by atoms with Crippen LogP contribution in [0.15, 0.2) is 30.6 Å². The van der Waals surface area contributed by atoms with Crippen LogP contribution in [0.1, 0.15) is 29.9 Å². The first-order valence-corrected chi connectivity index (χ1v) is 8.23. The molecule has 1 atom stereocenters. The van der Waals surface area contributed by atoms with Crippen molar-refractivity contribution in [3.8, 4) is 0 Å². The number of nitrogens with zero attached hydrogens (tertiary/aromatic N) is 2. The summed E-state index contributed by atoms with van der Waals surface area (Å²) in [6.07, 6.45) is 1.35. The van der Waals surface area contributed by atoms with Gasteiger partial charge in [0.15, 0.2) is 0 Å². The average molecular weight is 309 g/mol. The van der Waals surface area contributed by atoms with Crippen molar-refractivity contribution >= 4 is 10.0 Å². The van der Waals surface area contributed by atoms with Crippen LogP contribution < -0.4 is 10.0 Å². The zero-order valence-corrected chi connectivity index (χ0v) is 12.8. The molecule has 8 heteroatoms. The molecule has 1 unspecified atom stereocenters. The monoisotopic (exact) mass is 309 g/mol. The summed E-state index contributed by atoms with van der Waals surface area (Å²) in [5.74, 6) is 0.422. The fourth-order valence-corrected chi connectivity index (χ4v) is 3.40. The van der Waals surface area contributed by atoms with E-state index in [0.29, 0.717) is 12.4 Å². The number of hydrogen-bond donors (Lipinski definition) is 3. The largest absolute Gasteiger partial charge is 0.316 e. The number of nitrogens with one attached hydrogen (secondary N) is 3. The van der Waals surface area contributed by atoms with Gasteiger partial charge in [-0.1, -0.05) is 24.3 Å². The van der Waals surface area contributed by atoms with Gasteiger partial charge in [-0.2, -0.15) is 5.10 Å². The summed E-state index contributed by atoms with van der Waals surface area (Å²) in [5.41, 5.74) is 1.80. The first-order chi connectivity index (χ1) is 10.00. The van der Waals surface area contributed by atoms with Gasteiger partial charge in [0.1, 0.15) is 12.2 Å². The molecule has 1 aromatic heterocycles. The molecule has 0 fully saturated rings. The number of H-pyrrole nitrogens is 1. The SMILES string of the molecule is CNCc1cccc(CS(=O)(=O)NC(C)c2ncn[nH]2)c1. The molecule has 0 bridgehead atoms. The van der Waals surface area contributed by atoms with E-state index in [1.165, 1.54) is 6.33 Å². The van der Waals surface area contributed by atoms with Crippen molar-refractivity contribution in [1.29, 1.82) is 0 Å². The zero-order chi connectivity index (χ0) is 15.3. The second-order valence-corrected chi connectivity index (χ2v) is 6.57. The Balaban J connectivity index is 2.05. The smallest absolute Gasteiger partial charge is 0.216 e. The summed E-state index contributed by atoms with van der Waals surface area (Å²) in [6.45, 7) is 2.42. The third-order valence-corrected chi connectivity index (χ3v) is 4.36. The van der Waals surface area contributed by atoms with Gasteiger partial charge in [-0.05, 0) is 25.1 Å². The van der Waals surface area contributed by atoms with E-state index in [0.717, 1.165) is 11.1 Å². The number of hydrogen-bond acceptors (Lipinski definition) is 5. The van der Waals surface area contributed by atoms with Crippen molar-refractivity contribution in [3.63, 3.8) is 0 Å². The molecular weight excluding hydrogens is 290 g/mol. The molecule has 7 nitrogen and oxygen atoms in total.